The highest BCUT2D eigenvalue weighted by molar-refractivity contribution is 7.99. The van der Waals surface area contributed by atoms with Crippen molar-refractivity contribution in [1.82, 2.24) is 9.88 Å². The van der Waals surface area contributed by atoms with Crippen molar-refractivity contribution in [3.63, 3.8) is 0 Å². The zero-order chi connectivity index (χ0) is 13.0. The highest BCUT2D eigenvalue weighted by Gasteiger charge is 2.19. The number of ether oxygens (including phenoxy) is 1. The van der Waals surface area contributed by atoms with Gasteiger partial charge in [-0.05, 0) is 24.3 Å². The van der Waals surface area contributed by atoms with E-state index >= 15 is 0 Å². The second kappa shape index (κ2) is 5.99. The molecule has 1 aliphatic heterocycles. The molecule has 1 saturated heterocycles. The first-order valence-corrected chi connectivity index (χ1v) is 6.60. The minimum absolute atomic E-state index is 0.0467. The van der Waals surface area contributed by atoms with Gasteiger partial charge in [-0.2, -0.15) is 8.78 Å². The summed E-state index contributed by atoms with van der Waals surface area (Å²) in [7, 11) is 0. The summed E-state index contributed by atoms with van der Waals surface area (Å²) in [5.74, 6) is 1.48. The Morgan fingerprint density at radius 1 is 1.50 bits per heavy atom. The Balaban J connectivity index is 2.02. The third kappa shape index (κ3) is 3.32. The third-order valence-electron chi connectivity index (χ3n) is 2.43. The molecule has 7 heteroatoms. The number of pyridine rings is 1. The van der Waals surface area contributed by atoms with E-state index in [1.165, 1.54) is 12.1 Å². The fourth-order valence-electron chi connectivity index (χ4n) is 1.60. The van der Waals surface area contributed by atoms with E-state index < -0.39 is 6.61 Å². The number of alkyl halides is 2. The van der Waals surface area contributed by atoms with Gasteiger partial charge >= 0.3 is 6.61 Å². The summed E-state index contributed by atoms with van der Waals surface area (Å²) in [6.45, 7) is -2.17. The first-order chi connectivity index (χ1) is 8.66. The van der Waals surface area contributed by atoms with Gasteiger partial charge in [0.2, 0.25) is 0 Å². The van der Waals surface area contributed by atoms with Crippen LogP contribution in [0.25, 0.3) is 0 Å². The highest BCUT2D eigenvalue weighted by Crippen LogP contribution is 2.17. The van der Waals surface area contributed by atoms with Crippen molar-refractivity contribution >= 4 is 17.7 Å². The molecule has 0 bridgehead atoms. The molecule has 1 aromatic rings. The Labute approximate surface area is 107 Å². The van der Waals surface area contributed by atoms with Crippen molar-refractivity contribution in [2.75, 3.05) is 18.2 Å². The van der Waals surface area contributed by atoms with Crippen LogP contribution in [0, 0.1) is 0 Å². The molecule has 0 radical (unpaired) electrons. The molecule has 0 N–H and O–H groups in total. The van der Waals surface area contributed by atoms with Gasteiger partial charge in [-0.3, -0.25) is 4.79 Å². The standard InChI is InChI=1S/C11H12F2N2O2S/c12-11(13)17-8-2-3-9(14-6-8)10(16)15-4-1-5-18-7-15/h2-3,6,11H,1,4-5,7H2. The van der Waals surface area contributed by atoms with Crippen LogP contribution in [0.1, 0.15) is 16.9 Å². The molecule has 0 aliphatic carbocycles. The molecule has 1 fully saturated rings. The zero-order valence-corrected chi connectivity index (χ0v) is 10.3. The Kier molecular flexibility index (Phi) is 4.35. The van der Waals surface area contributed by atoms with E-state index in [2.05, 4.69) is 9.72 Å². The second-order valence-corrected chi connectivity index (χ2v) is 4.79. The first-order valence-electron chi connectivity index (χ1n) is 5.44. The number of thioether (sulfide) groups is 1. The topological polar surface area (TPSA) is 42.4 Å². The van der Waals surface area contributed by atoms with E-state index in [9.17, 15) is 13.6 Å². The van der Waals surface area contributed by atoms with Gasteiger partial charge in [-0.25, -0.2) is 4.98 Å². The molecule has 2 heterocycles. The maximum atomic E-state index is 12.0. The Bertz CT molecular complexity index is 408. The van der Waals surface area contributed by atoms with E-state index in [0.717, 1.165) is 18.4 Å². The van der Waals surface area contributed by atoms with Gasteiger partial charge in [0.05, 0.1) is 12.1 Å². The number of hydrogen-bond acceptors (Lipinski definition) is 4. The minimum Gasteiger partial charge on any atom is -0.433 e. The lowest BCUT2D eigenvalue weighted by Gasteiger charge is -2.25. The van der Waals surface area contributed by atoms with E-state index in [4.69, 9.17) is 0 Å². The fraction of sp³-hybridized carbons (Fsp3) is 0.455. The summed E-state index contributed by atoms with van der Waals surface area (Å²) in [6, 6.07) is 2.73. The molecule has 98 valence electrons. The van der Waals surface area contributed by atoms with Crippen LogP contribution in [0.5, 0.6) is 5.75 Å². The number of hydrogen-bond donors (Lipinski definition) is 0. The van der Waals surface area contributed by atoms with Crippen molar-refractivity contribution in [2.45, 2.75) is 13.0 Å². The number of halogens is 2. The van der Waals surface area contributed by atoms with Gasteiger partial charge < -0.3 is 9.64 Å². The number of rotatable bonds is 3. The highest BCUT2D eigenvalue weighted by atomic mass is 32.2. The lowest BCUT2D eigenvalue weighted by Crippen LogP contribution is -2.35. The minimum atomic E-state index is -2.88. The molecule has 0 atom stereocenters. The summed E-state index contributed by atoms with van der Waals surface area (Å²) in [4.78, 5) is 17.5. The SMILES string of the molecule is O=C(c1ccc(OC(F)F)cn1)N1CCCSC1. The number of carbonyl (C=O) groups is 1. The largest absolute Gasteiger partial charge is 0.433 e. The van der Waals surface area contributed by atoms with E-state index in [1.54, 1.807) is 16.7 Å². The maximum Gasteiger partial charge on any atom is 0.387 e. The van der Waals surface area contributed by atoms with Gasteiger partial charge in [-0.1, -0.05) is 0 Å². The average Bonchev–Trinajstić information content (AvgIpc) is 2.39. The number of carbonyl (C=O) groups excluding carboxylic acids is 1. The van der Waals surface area contributed by atoms with E-state index in [1.807, 2.05) is 0 Å². The number of amides is 1. The summed E-state index contributed by atoms with van der Waals surface area (Å²) in [5, 5.41) is 0. The summed E-state index contributed by atoms with van der Waals surface area (Å²) in [6.07, 6.45) is 2.10. The molecule has 2 rings (SSSR count). The van der Waals surface area contributed by atoms with Gasteiger partial charge in [0.1, 0.15) is 11.4 Å². The lowest BCUT2D eigenvalue weighted by molar-refractivity contribution is -0.0500. The fourth-order valence-corrected chi connectivity index (χ4v) is 2.53. The maximum absolute atomic E-state index is 12.0. The van der Waals surface area contributed by atoms with Crippen LogP contribution >= 0.6 is 11.8 Å². The van der Waals surface area contributed by atoms with E-state index in [-0.39, 0.29) is 17.4 Å². The van der Waals surface area contributed by atoms with Crippen LogP contribution in [-0.2, 0) is 0 Å². The predicted molar refractivity (Wildman–Crippen MR) is 63.8 cm³/mol. The molecular weight excluding hydrogens is 262 g/mol. The smallest absolute Gasteiger partial charge is 0.387 e. The second-order valence-electron chi connectivity index (χ2n) is 3.72. The summed E-state index contributed by atoms with van der Waals surface area (Å²) in [5.41, 5.74) is 0.249. The molecule has 0 spiro atoms. The molecule has 1 aromatic heterocycles. The van der Waals surface area contributed by atoms with Crippen molar-refractivity contribution < 1.29 is 18.3 Å². The normalized spacial score (nSPS) is 15.8. The predicted octanol–water partition coefficient (Wildman–Crippen LogP) is 2.22. The summed E-state index contributed by atoms with van der Waals surface area (Å²) >= 11 is 1.69. The van der Waals surface area contributed by atoms with Gasteiger partial charge in [0.25, 0.3) is 5.91 Å². The molecule has 4 nitrogen and oxygen atoms in total. The van der Waals surface area contributed by atoms with Crippen LogP contribution in [-0.4, -0.2) is 40.6 Å². The monoisotopic (exact) mass is 274 g/mol. The van der Waals surface area contributed by atoms with Crippen LogP contribution in [0.2, 0.25) is 0 Å². The van der Waals surface area contributed by atoms with Crippen LogP contribution in [0.3, 0.4) is 0 Å². The summed E-state index contributed by atoms with van der Waals surface area (Å²) < 4.78 is 28.1. The Morgan fingerprint density at radius 3 is 2.89 bits per heavy atom. The van der Waals surface area contributed by atoms with Gasteiger partial charge in [0.15, 0.2) is 0 Å². The Morgan fingerprint density at radius 2 is 2.33 bits per heavy atom. The molecular formula is C11H12F2N2O2S. The zero-order valence-electron chi connectivity index (χ0n) is 9.51. The molecule has 1 aliphatic rings. The van der Waals surface area contributed by atoms with Crippen molar-refractivity contribution in [1.29, 1.82) is 0 Å². The van der Waals surface area contributed by atoms with E-state index in [0.29, 0.717) is 12.4 Å². The van der Waals surface area contributed by atoms with Crippen LogP contribution in [0.4, 0.5) is 8.78 Å². The van der Waals surface area contributed by atoms with Gasteiger partial charge in [-0.15, -0.1) is 11.8 Å². The van der Waals surface area contributed by atoms with Crippen molar-refractivity contribution in [3.8, 4) is 5.75 Å². The first kappa shape index (κ1) is 13.1. The molecule has 1 amide bonds. The van der Waals surface area contributed by atoms with Crippen molar-refractivity contribution in [3.05, 3.63) is 24.0 Å². The number of aromatic nitrogens is 1. The van der Waals surface area contributed by atoms with Crippen molar-refractivity contribution in [2.24, 2.45) is 0 Å². The van der Waals surface area contributed by atoms with Crippen LogP contribution < -0.4 is 4.74 Å². The Hall–Kier alpha value is -1.37. The number of nitrogens with zero attached hydrogens (tertiary/aromatic N) is 2. The average molecular weight is 274 g/mol. The molecule has 0 aromatic carbocycles. The quantitative estimate of drug-likeness (QED) is 0.847. The van der Waals surface area contributed by atoms with Crippen LogP contribution in [0.15, 0.2) is 18.3 Å². The molecule has 18 heavy (non-hydrogen) atoms. The third-order valence-corrected chi connectivity index (χ3v) is 3.50. The molecule has 0 unspecified atom stereocenters. The van der Waals surface area contributed by atoms with Gasteiger partial charge in [0, 0.05) is 6.54 Å². The lowest BCUT2D eigenvalue weighted by atomic mass is 10.3. The molecule has 0 saturated carbocycles.